The Morgan fingerprint density at radius 2 is 1.44 bits per heavy atom. The van der Waals surface area contributed by atoms with Crippen LogP contribution in [-0.2, 0) is 11.0 Å². The summed E-state index contributed by atoms with van der Waals surface area (Å²) in [5.41, 5.74) is -1.35. The lowest BCUT2D eigenvalue weighted by Gasteiger charge is -2.16. The molecule has 1 aliphatic carbocycles. The summed E-state index contributed by atoms with van der Waals surface area (Å²) in [4.78, 5) is 37.1. The van der Waals surface area contributed by atoms with Gasteiger partial charge in [-0.25, -0.2) is 4.39 Å². The van der Waals surface area contributed by atoms with E-state index in [1.807, 2.05) is 6.92 Å². The van der Waals surface area contributed by atoms with Gasteiger partial charge in [0, 0.05) is 28.4 Å². The fourth-order valence-electron chi connectivity index (χ4n) is 3.63. The molecule has 0 saturated heterocycles. The van der Waals surface area contributed by atoms with Gasteiger partial charge >= 0.3 is 6.18 Å². The Bertz CT molecular complexity index is 1320. The number of carbonyl (C=O) groups excluding carboxylic acids is 3. The topological polar surface area (TPSA) is 87.3 Å². The third-order valence-electron chi connectivity index (χ3n) is 5.78. The van der Waals surface area contributed by atoms with Crippen molar-refractivity contribution in [3.05, 3.63) is 89.2 Å². The van der Waals surface area contributed by atoms with Crippen LogP contribution >= 0.6 is 0 Å². The molecule has 36 heavy (non-hydrogen) atoms. The number of anilines is 3. The fraction of sp³-hybridized carbons (Fsp3) is 0.192. The Hall–Kier alpha value is -4.21. The van der Waals surface area contributed by atoms with Crippen molar-refractivity contribution < 1.29 is 31.9 Å². The fourth-order valence-corrected chi connectivity index (χ4v) is 3.63. The average molecular weight is 499 g/mol. The van der Waals surface area contributed by atoms with Crippen LogP contribution in [0.4, 0.5) is 34.6 Å². The molecule has 2 unspecified atom stereocenters. The van der Waals surface area contributed by atoms with Gasteiger partial charge in [-0.3, -0.25) is 14.4 Å². The van der Waals surface area contributed by atoms with Gasteiger partial charge in [0.2, 0.25) is 5.91 Å². The molecule has 0 radical (unpaired) electrons. The standard InChI is InChI=1S/C26H21F4N3O3/c1-14-11-20(14)25(36)32-18-4-2-3-16(12-18)24(35)33-22-10-9-19(13-21(22)26(28,29)30)31-23(34)15-5-7-17(27)8-6-15/h2-10,12-14,20H,11H2,1H3,(H,31,34)(H,32,36)(H,33,35). The van der Waals surface area contributed by atoms with Crippen LogP contribution in [-0.4, -0.2) is 17.7 Å². The minimum atomic E-state index is -4.84. The highest BCUT2D eigenvalue weighted by atomic mass is 19.4. The van der Waals surface area contributed by atoms with E-state index in [2.05, 4.69) is 16.0 Å². The quantitative estimate of drug-likeness (QED) is 0.367. The molecule has 1 fully saturated rings. The molecule has 0 spiro atoms. The van der Waals surface area contributed by atoms with Gasteiger partial charge in [-0.05, 0) is 73.0 Å². The molecule has 3 N–H and O–H groups in total. The summed E-state index contributed by atoms with van der Waals surface area (Å²) in [6.07, 6.45) is -4.05. The lowest BCUT2D eigenvalue weighted by Crippen LogP contribution is -2.19. The van der Waals surface area contributed by atoms with Crippen LogP contribution in [0.25, 0.3) is 0 Å². The Kier molecular flexibility index (Phi) is 6.78. The molecule has 0 aliphatic heterocycles. The van der Waals surface area contributed by atoms with Crippen LogP contribution in [0, 0.1) is 17.7 Å². The number of hydrogen-bond donors (Lipinski definition) is 3. The molecule has 3 aromatic carbocycles. The number of amides is 3. The molecule has 4 rings (SSSR count). The highest BCUT2D eigenvalue weighted by Crippen LogP contribution is 2.39. The van der Waals surface area contributed by atoms with Gasteiger partial charge in [-0.15, -0.1) is 0 Å². The average Bonchev–Trinajstić information content (AvgIpc) is 3.56. The van der Waals surface area contributed by atoms with E-state index in [0.29, 0.717) is 17.7 Å². The number of nitrogens with one attached hydrogen (secondary N) is 3. The second-order valence-corrected chi connectivity index (χ2v) is 8.56. The summed E-state index contributed by atoms with van der Waals surface area (Å²) >= 11 is 0. The van der Waals surface area contributed by atoms with E-state index < -0.39 is 35.1 Å². The zero-order valence-corrected chi connectivity index (χ0v) is 18.9. The van der Waals surface area contributed by atoms with Crippen LogP contribution in [0.1, 0.15) is 39.6 Å². The van der Waals surface area contributed by atoms with Gasteiger partial charge in [-0.1, -0.05) is 13.0 Å². The van der Waals surface area contributed by atoms with Crippen LogP contribution in [0.2, 0.25) is 0 Å². The summed E-state index contributed by atoms with van der Waals surface area (Å²) in [5, 5.41) is 7.29. The minimum Gasteiger partial charge on any atom is -0.326 e. The van der Waals surface area contributed by atoms with Gasteiger partial charge in [0.1, 0.15) is 5.82 Å². The van der Waals surface area contributed by atoms with E-state index in [1.165, 1.54) is 36.4 Å². The second kappa shape index (κ2) is 9.80. The highest BCUT2D eigenvalue weighted by molar-refractivity contribution is 6.07. The smallest absolute Gasteiger partial charge is 0.326 e. The van der Waals surface area contributed by atoms with E-state index in [9.17, 15) is 31.9 Å². The second-order valence-electron chi connectivity index (χ2n) is 8.56. The first-order chi connectivity index (χ1) is 17.0. The summed E-state index contributed by atoms with van der Waals surface area (Å²) in [7, 11) is 0. The number of carbonyl (C=O) groups is 3. The Balaban J connectivity index is 1.51. The zero-order chi connectivity index (χ0) is 26.0. The van der Waals surface area contributed by atoms with Gasteiger partial charge in [0.05, 0.1) is 11.3 Å². The van der Waals surface area contributed by atoms with E-state index >= 15 is 0 Å². The molecule has 0 bridgehead atoms. The van der Waals surface area contributed by atoms with Crippen molar-refractivity contribution in [3.63, 3.8) is 0 Å². The number of hydrogen-bond acceptors (Lipinski definition) is 3. The zero-order valence-electron chi connectivity index (χ0n) is 18.9. The maximum Gasteiger partial charge on any atom is 0.418 e. The van der Waals surface area contributed by atoms with Crippen LogP contribution < -0.4 is 16.0 Å². The van der Waals surface area contributed by atoms with Crippen molar-refractivity contribution in [1.82, 2.24) is 0 Å². The predicted molar refractivity (Wildman–Crippen MR) is 126 cm³/mol. The number of halogens is 4. The van der Waals surface area contributed by atoms with Crippen molar-refractivity contribution in [2.45, 2.75) is 19.5 Å². The number of alkyl halides is 3. The van der Waals surface area contributed by atoms with E-state index in [0.717, 1.165) is 24.6 Å². The van der Waals surface area contributed by atoms with Crippen molar-refractivity contribution >= 4 is 34.8 Å². The van der Waals surface area contributed by atoms with E-state index in [4.69, 9.17) is 0 Å². The van der Waals surface area contributed by atoms with Gasteiger partial charge in [0.25, 0.3) is 11.8 Å². The minimum absolute atomic E-state index is 0.0541. The van der Waals surface area contributed by atoms with Gasteiger partial charge < -0.3 is 16.0 Å². The number of rotatable bonds is 6. The number of benzene rings is 3. The third kappa shape index (κ3) is 5.88. The summed E-state index contributed by atoms with van der Waals surface area (Å²) < 4.78 is 54.3. The molecular weight excluding hydrogens is 478 g/mol. The Labute approximate surface area is 203 Å². The van der Waals surface area contributed by atoms with Crippen LogP contribution in [0.3, 0.4) is 0 Å². The molecule has 6 nitrogen and oxygen atoms in total. The molecule has 0 aromatic heterocycles. The first-order valence-electron chi connectivity index (χ1n) is 11.0. The van der Waals surface area contributed by atoms with E-state index in [1.54, 1.807) is 6.07 Å². The van der Waals surface area contributed by atoms with Crippen LogP contribution in [0.15, 0.2) is 66.7 Å². The maximum atomic E-state index is 13.8. The molecule has 0 heterocycles. The first kappa shape index (κ1) is 24.9. The molecule has 1 aliphatic rings. The van der Waals surface area contributed by atoms with Crippen molar-refractivity contribution in [1.29, 1.82) is 0 Å². The molecular formula is C26H21F4N3O3. The van der Waals surface area contributed by atoms with Gasteiger partial charge in [0.15, 0.2) is 0 Å². The Morgan fingerprint density at radius 3 is 2.08 bits per heavy atom. The van der Waals surface area contributed by atoms with Crippen LogP contribution in [0.5, 0.6) is 0 Å². The molecule has 3 amide bonds. The summed E-state index contributed by atoms with van der Waals surface area (Å²) in [6.45, 7) is 1.95. The lowest BCUT2D eigenvalue weighted by atomic mass is 10.1. The lowest BCUT2D eigenvalue weighted by molar-refractivity contribution is -0.136. The molecule has 1 saturated carbocycles. The molecule has 2 atom stereocenters. The molecule has 186 valence electrons. The van der Waals surface area contributed by atoms with Gasteiger partial charge in [-0.2, -0.15) is 13.2 Å². The third-order valence-corrected chi connectivity index (χ3v) is 5.78. The largest absolute Gasteiger partial charge is 0.418 e. The first-order valence-corrected chi connectivity index (χ1v) is 11.0. The molecule has 3 aromatic rings. The van der Waals surface area contributed by atoms with Crippen molar-refractivity contribution in [2.75, 3.05) is 16.0 Å². The monoisotopic (exact) mass is 499 g/mol. The van der Waals surface area contributed by atoms with E-state index in [-0.39, 0.29) is 28.6 Å². The van der Waals surface area contributed by atoms with Crippen molar-refractivity contribution in [2.24, 2.45) is 11.8 Å². The maximum absolute atomic E-state index is 13.8. The normalized spacial score (nSPS) is 16.7. The summed E-state index contributed by atoms with van der Waals surface area (Å²) in [6, 6.07) is 13.3. The Morgan fingerprint density at radius 1 is 0.806 bits per heavy atom. The SMILES string of the molecule is CC1CC1C(=O)Nc1cccc(C(=O)Nc2ccc(NC(=O)c3ccc(F)cc3)cc2C(F)(F)F)c1. The molecule has 10 heteroatoms. The highest BCUT2D eigenvalue weighted by Gasteiger charge is 2.39. The predicted octanol–water partition coefficient (Wildman–Crippen LogP) is 5.94. The summed E-state index contributed by atoms with van der Waals surface area (Å²) in [5.74, 6) is -2.05. The van der Waals surface area contributed by atoms with Crippen molar-refractivity contribution in [3.8, 4) is 0 Å².